The number of rotatable bonds is 5. The van der Waals surface area contributed by atoms with Gasteiger partial charge in [0.1, 0.15) is 0 Å². The van der Waals surface area contributed by atoms with Crippen LogP contribution >= 0.6 is 12.2 Å². The summed E-state index contributed by atoms with van der Waals surface area (Å²) in [6, 6.07) is 18.6. The van der Waals surface area contributed by atoms with E-state index < -0.39 is 0 Å². The number of hydrogen-bond donors (Lipinski definition) is 2. The smallest absolute Gasteiger partial charge is 0.171 e. The van der Waals surface area contributed by atoms with Crippen LogP contribution in [0.2, 0.25) is 0 Å². The van der Waals surface area contributed by atoms with E-state index >= 15 is 0 Å². The van der Waals surface area contributed by atoms with Crippen LogP contribution in [-0.4, -0.2) is 14.9 Å². The zero-order chi connectivity index (χ0) is 16.8. The molecule has 3 aromatic rings. The summed E-state index contributed by atoms with van der Waals surface area (Å²) in [5.41, 5.74) is 4.56. The summed E-state index contributed by atoms with van der Waals surface area (Å²) in [7, 11) is 0. The number of anilines is 1. The zero-order valence-corrected chi connectivity index (χ0v) is 14.4. The largest absolute Gasteiger partial charge is 0.358 e. The molecular weight excluding hydrogens is 316 g/mol. The summed E-state index contributed by atoms with van der Waals surface area (Å²) in [5.74, 6) is 0. The molecule has 0 fully saturated rings. The van der Waals surface area contributed by atoms with Crippen LogP contribution in [0, 0.1) is 6.92 Å². The minimum absolute atomic E-state index is 0.591. The summed E-state index contributed by atoms with van der Waals surface area (Å²) in [6.45, 7) is 3.53. The number of hydrogen-bond acceptors (Lipinski definition) is 2. The highest BCUT2D eigenvalue weighted by molar-refractivity contribution is 7.80. The van der Waals surface area contributed by atoms with E-state index in [9.17, 15) is 0 Å². The third kappa shape index (κ3) is 4.67. The molecule has 4 nitrogen and oxygen atoms in total. The minimum atomic E-state index is 0.591. The van der Waals surface area contributed by atoms with Crippen LogP contribution in [0.1, 0.15) is 16.7 Å². The van der Waals surface area contributed by atoms with E-state index in [-0.39, 0.29) is 0 Å². The molecule has 0 spiro atoms. The molecule has 0 atom stereocenters. The number of nitrogens with one attached hydrogen (secondary N) is 2. The molecule has 1 heterocycles. The molecule has 0 aliphatic carbocycles. The third-order valence-electron chi connectivity index (χ3n) is 3.65. The highest BCUT2D eigenvalue weighted by Crippen LogP contribution is 2.09. The van der Waals surface area contributed by atoms with Gasteiger partial charge in [-0.2, -0.15) is 5.10 Å². The molecule has 2 aromatic carbocycles. The Morgan fingerprint density at radius 2 is 1.79 bits per heavy atom. The average molecular weight is 336 g/mol. The second-order valence-corrected chi connectivity index (χ2v) is 6.11. The third-order valence-corrected chi connectivity index (χ3v) is 3.90. The van der Waals surface area contributed by atoms with Gasteiger partial charge in [0.05, 0.1) is 18.4 Å². The molecule has 122 valence electrons. The summed E-state index contributed by atoms with van der Waals surface area (Å²) in [4.78, 5) is 0. The molecule has 0 saturated carbocycles. The van der Waals surface area contributed by atoms with Crippen LogP contribution in [0.3, 0.4) is 0 Å². The minimum Gasteiger partial charge on any atom is -0.358 e. The quantitative estimate of drug-likeness (QED) is 0.697. The maximum Gasteiger partial charge on any atom is 0.171 e. The summed E-state index contributed by atoms with van der Waals surface area (Å²) < 4.78 is 1.90. The Bertz CT molecular complexity index is 794. The standard InChI is InChI=1S/C19H20N4S/c1-15-7-9-17(10-8-15)13-23-14-18(12-21-23)22-19(24)20-11-16-5-3-2-4-6-16/h2-10,12,14H,11,13H2,1H3,(H2,20,22,24). The lowest BCUT2D eigenvalue weighted by Gasteiger charge is -2.08. The van der Waals surface area contributed by atoms with Crippen molar-refractivity contribution in [2.24, 2.45) is 0 Å². The van der Waals surface area contributed by atoms with Crippen LogP contribution in [0.25, 0.3) is 0 Å². The molecule has 2 N–H and O–H groups in total. The molecule has 0 unspecified atom stereocenters. The highest BCUT2D eigenvalue weighted by atomic mass is 32.1. The molecule has 1 aromatic heterocycles. The SMILES string of the molecule is Cc1ccc(Cn2cc(NC(=S)NCc3ccccc3)cn2)cc1. The fourth-order valence-corrected chi connectivity index (χ4v) is 2.54. The summed E-state index contributed by atoms with van der Waals surface area (Å²) in [5, 5.41) is 11.3. The Morgan fingerprint density at radius 3 is 2.54 bits per heavy atom. The van der Waals surface area contributed by atoms with Gasteiger partial charge in [0.15, 0.2) is 5.11 Å². The monoisotopic (exact) mass is 336 g/mol. The van der Waals surface area contributed by atoms with Gasteiger partial charge < -0.3 is 10.6 Å². The maximum atomic E-state index is 5.33. The predicted molar refractivity (Wildman–Crippen MR) is 102 cm³/mol. The Balaban J connectivity index is 1.51. The van der Waals surface area contributed by atoms with Gasteiger partial charge in [-0.1, -0.05) is 60.2 Å². The molecule has 3 rings (SSSR count). The van der Waals surface area contributed by atoms with Crippen molar-refractivity contribution < 1.29 is 0 Å². The van der Waals surface area contributed by atoms with Crippen molar-refractivity contribution in [1.29, 1.82) is 0 Å². The van der Waals surface area contributed by atoms with Crippen LogP contribution in [0.4, 0.5) is 5.69 Å². The van der Waals surface area contributed by atoms with Gasteiger partial charge >= 0.3 is 0 Å². The maximum absolute atomic E-state index is 5.33. The Morgan fingerprint density at radius 1 is 1.04 bits per heavy atom. The van der Waals surface area contributed by atoms with Crippen molar-refractivity contribution in [3.05, 3.63) is 83.7 Å². The van der Waals surface area contributed by atoms with E-state index in [0.29, 0.717) is 11.7 Å². The normalized spacial score (nSPS) is 10.4. The molecule has 0 saturated heterocycles. The van der Waals surface area contributed by atoms with Gasteiger partial charge in [0, 0.05) is 12.7 Å². The average Bonchev–Trinajstić information content (AvgIpc) is 3.03. The van der Waals surface area contributed by atoms with Crippen molar-refractivity contribution in [2.75, 3.05) is 5.32 Å². The summed E-state index contributed by atoms with van der Waals surface area (Å²) in [6.07, 6.45) is 3.74. The summed E-state index contributed by atoms with van der Waals surface area (Å²) >= 11 is 5.33. The molecule has 0 amide bonds. The molecule has 0 aliphatic rings. The Labute approximate surface area is 147 Å². The Kier molecular flexibility index (Phi) is 5.23. The lowest BCUT2D eigenvalue weighted by atomic mass is 10.1. The highest BCUT2D eigenvalue weighted by Gasteiger charge is 2.02. The van der Waals surface area contributed by atoms with Crippen molar-refractivity contribution in [1.82, 2.24) is 15.1 Å². The molecule has 0 bridgehead atoms. The number of benzene rings is 2. The van der Waals surface area contributed by atoms with E-state index in [1.807, 2.05) is 29.1 Å². The number of thiocarbonyl (C=S) groups is 1. The van der Waals surface area contributed by atoms with Gasteiger partial charge in [-0.05, 0) is 30.3 Å². The number of aromatic nitrogens is 2. The fraction of sp³-hybridized carbons (Fsp3) is 0.158. The second kappa shape index (κ2) is 7.75. The van der Waals surface area contributed by atoms with E-state index in [4.69, 9.17) is 12.2 Å². The van der Waals surface area contributed by atoms with Gasteiger partial charge in [-0.3, -0.25) is 4.68 Å². The predicted octanol–water partition coefficient (Wildman–Crippen LogP) is 3.73. The van der Waals surface area contributed by atoms with Crippen molar-refractivity contribution in [2.45, 2.75) is 20.0 Å². The van der Waals surface area contributed by atoms with Crippen LogP contribution in [0.15, 0.2) is 67.0 Å². The first kappa shape index (κ1) is 16.2. The fourth-order valence-electron chi connectivity index (χ4n) is 2.35. The Hall–Kier alpha value is -2.66. The first-order valence-corrected chi connectivity index (χ1v) is 8.27. The van der Waals surface area contributed by atoms with E-state index in [1.165, 1.54) is 16.7 Å². The first-order valence-electron chi connectivity index (χ1n) is 7.86. The molecular formula is C19H20N4S. The van der Waals surface area contributed by atoms with Crippen molar-refractivity contribution in [3.63, 3.8) is 0 Å². The van der Waals surface area contributed by atoms with E-state index in [2.05, 4.69) is 59.1 Å². The topological polar surface area (TPSA) is 41.9 Å². The molecule has 0 radical (unpaired) electrons. The van der Waals surface area contributed by atoms with Crippen LogP contribution in [-0.2, 0) is 13.1 Å². The molecule has 5 heteroatoms. The number of nitrogens with zero attached hydrogens (tertiary/aromatic N) is 2. The van der Waals surface area contributed by atoms with Gasteiger partial charge in [-0.25, -0.2) is 0 Å². The van der Waals surface area contributed by atoms with Crippen molar-refractivity contribution >= 4 is 23.0 Å². The lowest BCUT2D eigenvalue weighted by molar-refractivity contribution is 0.687. The molecule has 0 aliphatic heterocycles. The number of aryl methyl sites for hydroxylation is 1. The van der Waals surface area contributed by atoms with Gasteiger partial charge in [0.2, 0.25) is 0 Å². The zero-order valence-electron chi connectivity index (χ0n) is 13.6. The van der Waals surface area contributed by atoms with Crippen LogP contribution in [0.5, 0.6) is 0 Å². The first-order chi connectivity index (χ1) is 11.7. The van der Waals surface area contributed by atoms with E-state index in [0.717, 1.165) is 12.2 Å². The van der Waals surface area contributed by atoms with E-state index in [1.54, 1.807) is 6.20 Å². The van der Waals surface area contributed by atoms with Crippen molar-refractivity contribution in [3.8, 4) is 0 Å². The second-order valence-electron chi connectivity index (χ2n) is 5.71. The van der Waals surface area contributed by atoms with Gasteiger partial charge in [-0.15, -0.1) is 0 Å². The van der Waals surface area contributed by atoms with Gasteiger partial charge in [0.25, 0.3) is 0 Å². The van der Waals surface area contributed by atoms with Crippen LogP contribution < -0.4 is 10.6 Å². The molecule has 24 heavy (non-hydrogen) atoms. The lowest BCUT2D eigenvalue weighted by Crippen LogP contribution is -2.27.